The lowest BCUT2D eigenvalue weighted by Crippen LogP contribution is -2.51. The highest BCUT2D eigenvalue weighted by Crippen LogP contribution is 2.35. The molecular formula is C28H29Cl2F3N4O2S. The second-order valence-electron chi connectivity index (χ2n) is 9.56. The van der Waals surface area contributed by atoms with Gasteiger partial charge in [0.15, 0.2) is 6.10 Å². The maximum absolute atomic E-state index is 13.2. The normalized spacial score (nSPS) is 17.8. The molecule has 0 spiro atoms. The Morgan fingerprint density at radius 1 is 1.20 bits per heavy atom. The molecular weight excluding hydrogens is 584 g/mol. The van der Waals surface area contributed by atoms with Crippen LogP contribution in [0.15, 0.2) is 64.7 Å². The number of alkyl halides is 3. The van der Waals surface area contributed by atoms with Gasteiger partial charge < -0.3 is 10.4 Å². The van der Waals surface area contributed by atoms with Crippen LogP contribution < -0.4 is 5.32 Å². The number of rotatable bonds is 9. The first-order chi connectivity index (χ1) is 19.0. The summed E-state index contributed by atoms with van der Waals surface area (Å²) in [5.41, 5.74) is 4.30. The fourth-order valence-electron chi connectivity index (χ4n) is 4.72. The third-order valence-corrected chi connectivity index (χ3v) is 8.49. The standard InChI is InChI=1S/C28H29Cl2F3N4O2S/c29-19-10-8-18(9-11-19)26(34)37(15-25(38)28(31,32)33)27(39)35-14-24-20-12-13-40-16-21(20)23(36-24)7-3-5-17-4-1-2-6-22(17)30/h1-2,4,6,8-11,23,25,34,38H,3,5,7,12-16H2,(H,35,39)/t23?,25-/m0/s1. The monoisotopic (exact) mass is 612 g/mol. The Morgan fingerprint density at radius 2 is 1.93 bits per heavy atom. The topological polar surface area (TPSA) is 88.8 Å². The molecule has 2 heterocycles. The number of carbonyl (C=O) groups is 1. The molecule has 4 rings (SSSR count). The van der Waals surface area contributed by atoms with Crippen LogP contribution in [0.3, 0.4) is 0 Å². The Labute approximate surface area is 245 Å². The minimum atomic E-state index is -4.95. The van der Waals surface area contributed by atoms with Gasteiger partial charge in [-0.25, -0.2) is 4.79 Å². The minimum absolute atomic E-state index is 0.00978. The van der Waals surface area contributed by atoms with E-state index in [9.17, 15) is 23.1 Å². The molecule has 0 aliphatic carbocycles. The van der Waals surface area contributed by atoms with E-state index in [1.807, 2.05) is 36.0 Å². The number of urea groups is 1. The summed E-state index contributed by atoms with van der Waals surface area (Å²) in [5, 5.41) is 21.8. The number of hydrogen-bond donors (Lipinski definition) is 3. The maximum atomic E-state index is 13.2. The van der Waals surface area contributed by atoms with Crippen LogP contribution in [0.2, 0.25) is 10.0 Å². The van der Waals surface area contributed by atoms with E-state index < -0.39 is 30.7 Å². The first kappa shape index (κ1) is 30.4. The van der Waals surface area contributed by atoms with Crippen LogP contribution in [0.5, 0.6) is 0 Å². The van der Waals surface area contributed by atoms with Gasteiger partial charge in [-0.1, -0.05) is 41.4 Å². The van der Waals surface area contributed by atoms with Crippen molar-refractivity contribution in [2.75, 3.05) is 24.6 Å². The predicted octanol–water partition coefficient (Wildman–Crippen LogP) is 6.53. The van der Waals surface area contributed by atoms with E-state index in [4.69, 9.17) is 33.6 Å². The molecule has 40 heavy (non-hydrogen) atoms. The van der Waals surface area contributed by atoms with Crippen molar-refractivity contribution in [3.63, 3.8) is 0 Å². The molecule has 0 saturated carbocycles. The first-order valence-electron chi connectivity index (χ1n) is 12.8. The van der Waals surface area contributed by atoms with Gasteiger partial charge >= 0.3 is 12.2 Å². The van der Waals surface area contributed by atoms with Crippen molar-refractivity contribution in [2.45, 2.75) is 44.0 Å². The van der Waals surface area contributed by atoms with E-state index >= 15 is 0 Å². The number of aryl methyl sites for hydroxylation is 1. The molecule has 1 unspecified atom stereocenters. The van der Waals surface area contributed by atoms with Gasteiger partial charge in [0.25, 0.3) is 0 Å². The third kappa shape index (κ3) is 7.60. The van der Waals surface area contributed by atoms with Crippen molar-refractivity contribution in [2.24, 2.45) is 4.99 Å². The average molecular weight is 614 g/mol. The molecule has 0 aromatic heterocycles. The number of amides is 2. The van der Waals surface area contributed by atoms with Crippen LogP contribution in [0.4, 0.5) is 18.0 Å². The minimum Gasteiger partial charge on any atom is -0.382 e. The number of aliphatic hydroxyl groups is 1. The fourth-order valence-corrected chi connectivity index (χ4v) is 6.16. The lowest BCUT2D eigenvalue weighted by molar-refractivity contribution is -0.204. The molecule has 214 valence electrons. The van der Waals surface area contributed by atoms with Crippen molar-refractivity contribution >= 4 is 52.5 Å². The fraction of sp³-hybridized carbons (Fsp3) is 0.393. The van der Waals surface area contributed by atoms with Crippen molar-refractivity contribution < 1.29 is 23.1 Å². The number of nitrogens with zero attached hydrogens (tertiary/aromatic N) is 2. The summed E-state index contributed by atoms with van der Waals surface area (Å²) in [6.07, 6.45) is -4.47. The van der Waals surface area contributed by atoms with Crippen molar-refractivity contribution in [3.05, 3.63) is 80.8 Å². The van der Waals surface area contributed by atoms with Crippen molar-refractivity contribution in [1.82, 2.24) is 10.2 Å². The zero-order chi connectivity index (χ0) is 28.9. The summed E-state index contributed by atoms with van der Waals surface area (Å²) >= 11 is 14.0. The average Bonchev–Trinajstić information content (AvgIpc) is 3.28. The highest BCUT2D eigenvalue weighted by molar-refractivity contribution is 7.99. The Morgan fingerprint density at radius 3 is 2.62 bits per heavy atom. The molecule has 0 saturated heterocycles. The summed E-state index contributed by atoms with van der Waals surface area (Å²) in [7, 11) is 0. The van der Waals surface area contributed by atoms with Crippen LogP contribution >= 0.6 is 35.0 Å². The van der Waals surface area contributed by atoms with Gasteiger partial charge in [0, 0.05) is 21.4 Å². The molecule has 6 nitrogen and oxygen atoms in total. The van der Waals surface area contributed by atoms with Gasteiger partial charge in [0.1, 0.15) is 5.84 Å². The molecule has 2 amide bonds. The second-order valence-corrected chi connectivity index (χ2v) is 11.5. The molecule has 2 aliphatic rings. The molecule has 2 aliphatic heterocycles. The Hall–Kier alpha value is -2.53. The lowest BCUT2D eigenvalue weighted by atomic mass is 9.96. The van der Waals surface area contributed by atoms with Gasteiger partial charge in [-0.15, -0.1) is 0 Å². The number of hydrogen-bond acceptors (Lipinski definition) is 5. The number of thioether (sulfide) groups is 1. The van der Waals surface area contributed by atoms with Gasteiger partial charge in [0.05, 0.1) is 24.8 Å². The van der Waals surface area contributed by atoms with Crippen molar-refractivity contribution in [3.8, 4) is 0 Å². The largest absolute Gasteiger partial charge is 0.416 e. The van der Waals surface area contributed by atoms with Gasteiger partial charge in [-0.05, 0) is 78.5 Å². The van der Waals surface area contributed by atoms with Crippen LogP contribution in [0.25, 0.3) is 0 Å². The summed E-state index contributed by atoms with van der Waals surface area (Å²) in [6, 6.07) is 12.6. The van der Waals surface area contributed by atoms with E-state index in [0.29, 0.717) is 15.6 Å². The van der Waals surface area contributed by atoms with Gasteiger partial charge in [0.2, 0.25) is 0 Å². The highest BCUT2D eigenvalue weighted by Gasteiger charge is 2.41. The number of amidine groups is 1. The molecule has 0 radical (unpaired) electrons. The summed E-state index contributed by atoms with van der Waals surface area (Å²) in [6.45, 7) is -1.12. The number of halogens is 5. The third-order valence-electron chi connectivity index (χ3n) is 6.86. The van der Waals surface area contributed by atoms with Crippen molar-refractivity contribution in [1.29, 1.82) is 5.41 Å². The summed E-state index contributed by atoms with van der Waals surface area (Å²) < 4.78 is 39.5. The molecule has 2 aromatic carbocycles. The molecule has 0 fully saturated rings. The maximum Gasteiger partial charge on any atom is 0.416 e. The van der Waals surface area contributed by atoms with E-state index in [1.165, 1.54) is 29.8 Å². The molecule has 2 aromatic rings. The van der Waals surface area contributed by atoms with Crippen LogP contribution in [0.1, 0.15) is 30.4 Å². The number of nitrogens with one attached hydrogen (secondary N) is 2. The quantitative estimate of drug-likeness (QED) is 0.222. The Bertz CT molecular complexity index is 1300. The highest BCUT2D eigenvalue weighted by atomic mass is 35.5. The first-order valence-corrected chi connectivity index (χ1v) is 14.7. The number of carbonyl (C=O) groups excluding carboxylic acids is 1. The number of benzene rings is 2. The molecule has 12 heteroatoms. The molecule has 2 atom stereocenters. The van der Waals surface area contributed by atoms with E-state index in [2.05, 4.69) is 5.32 Å². The van der Waals surface area contributed by atoms with E-state index in [0.717, 1.165) is 53.3 Å². The summed E-state index contributed by atoms with van der Waals surface area (Å²) in [4.78, 5) is 18.6. The predicted molar refractivity (Wildman–Crippen MR) is 155 cm³/mol. The Balaban J connectivity index is 1.45. The zero-order valence-electron chi connectivity index (χ0n) is 21.5. The number of aliphatic hydroxyl groups excluding tert-OH is 1. The lowest BCUT2D eigenvalue weighted by Gasteiger charge is -2.27. The molecule has 3 N–H and O–H groups in total. The Kier molecular flexibility index (Phi) is 10.2. The van der Waals surface area contributed by atoms with E-state index in [1.54, 1.807) is 0 Å². The van der Waals surface area contributed by atoms with E-state index in [-0.39, 0.29) is 18.2 Å². The van der Waals surface area contributed by atoms with Crippen LogP contribution in [-0.4, -0.2) is 70.5 Å². The number of aliphatic imine (C=N–C) groups is 1. The molecule has 0 bridgehead atoms. The zero-order valence-corrected chi connectivity index (χ0v) is 23.8. The smallest absolute Gasteiger partial charge is 0.382 e. The van der Waals surface area contributed by atoms with Gasteiger partial charge in [-0.3, -0.25) is 15.3 Å². The van der Waals surface area contributed by atoms with Gasteiger partial charge in [-0.2, -0.15) is 24.9 Å². The SMILES string of the molecule is N=C(c1ccc(Cl)cc1)N(C[C@H](O)C(F)(F)F)C(=O)NCC1=NC(CCCc2ccccc2Cl)C2=C1CCSC2. The van der Waals surface area contributed by atoms with Crippen LogP contribution in [0, 0.1) is 5.41 Å². The summed E-state index contributed by atoms with van der Waals surface area (Å²) in [5.74, 6) is 1.28. The van der Waals surface area contributed by atoms with Crippen LogP contribution in [-0.2, 0) is 6.42 Å². The second kappa shape index (κ2) is 13.4.